The summed E-state index contributed by atoms with van der Waals surface area (Å²) in [6.45, 7) is 4.45. The predicted octanol–water partition coefficient (Wildman–Crippen LogP) is 3.99. The number of rotatable bonds is 4. The van der Waals surface area contributed by atoms with Crippen molar-refractivity contribution in [3.05, 3.63) is 41.7 Å². The van der Waals surface area contributed by atoms with Gasteiger partial charge in [0.1, 0.15) is 5.69 Å². The van der Waals surface area contributed by atoms with Gasteiger partial charge in [0.2, 0.25) is 0 Å². The fourth-order valence-corrected chi connectivity index (χ4v) is 2.90. The Kier molecular flexibility index (Phi) is 3.84. The predicted molar refractivity (Wildman–Crippen MR) is 88.1 cm³/mol. The number of carbonyl (C=O) groups is 1. The second-order valence-corrected chi connectivity index (χ2v) is 5.55. The summed E-state index contributed by atoms with van der Waals surface area (Å²) >= 11 is 0. The lowest BCUT2D eigenvalue weighted by Crippen LogP contribution is -2.09. The van der Waals surface area contributed by atoms with Gasteiger partial charge in [0.25, 0.3) is 0 Å². The molecule has 0 spiro atoms. The monoisotopic (exact) mass is 296 g/mol. The number of hydrogen-bond acceptors (Lipinski definition) is 3. The Morgan fingerprint density at radius 2 is 2.05 bits per heavy atom. The van der Waals surface area contributed by atoms with Crippen LogP contribution >= 0.6 is 0 Å². The minimum Gasteiger partial charge on any atom is -0.461 e. The van der Waals surface area contributed by atoms with Crippen molar-refractivity contribution in [1.82, 2.24) is 9.55 Å². The number of unbranched alkanes of at least 4 members (excludes halogenated alkanes) is 1. The molecule has 0 N–H and O–H groups in total. The fourth-order valence-electron chi connectivity index (χ4n) is 2.90. The zero-order chi connectivity index (χ0) is 15.7. The number of hydrogen-bond donors (Lipinski definition) is 0. The summed E-state index contributed by atoms with van der Waals surface area (Å²) in [5.41, 5.74) is 3.43. The first-order valence-corrected chi connectivity index (χ1v) is 7.65. The highest BCUT2D eigenvalue weighted by Gasteiger charge is 2.16. The Labute approximate surface area is 129 Å². The third-order valence-electron chi connectivity index (χ3n) is 4.00. The summed E-state index contributed by atoms with van der Waals surface area (Å²) in [6.07, 6.45) is 1.88. The van der Waals surface area contributed by atoms with Crippen molar-refractivity contribution in [1.29, 1.82) is 0 Å². The van der Waals surface area contributed by atoms with E-state index in [1.165, 1.54) is 0 Å². The molecule has 1 aromatic carbocycles. The molecule has 0 bridgehead atoms. The summed E-state index contributed by atoms with van der Waals surface area (Å²) in [5.74, 6) is -0.341. The lowest BCUT2D eigenvalue weighted by atomic mass is 10.1. The van der Waals surface area contributed by atoms with Crippen molar-refractivity contribution in [2.24, 2.45) is 7.05 Å². The highest BCUT2D eigenvalue weighted by atomic mass is 16.5. The van der Waals surface area contributed by atoms with Crippen LogP contribution in [0.25, 0.3) is 21.8 Å². The van der Waals surface area contributed by atoms with Gasteiger partial charge in [-0.2, -0.15) is 0 Å². The maximum Gasteiger partial charge on any atom is 0.356 e. The molecule has 0 saturated heterocycles. The lowest BCUT2D eigenvalue weighted by Gasteiger charge is -2.06. The van der Waals surface area contributed by atoms with E-state index < -0.39 is 0 Å². The molecular formula is C18H20N2O2. The molecule has 3 aromatic rings. The van der Waals surface area contributed by atoms with Crippen LogP contribution in [0, 0.1) is 6.92 Å². The third kappa shape index (κ3) is 2.34. The number of pyridine rings is 1. The van der Waals surface area contributed by atoms with E-state index in [0.717, 1.165) is 40.3 Å². The minimum atomic E-state index is -0.341. The Balaban J connectivity index is 2.11. The second-order valence-electron chi connectivity index (χ2n) is 5.55. The molecule has 0 aliphatic heterocycles. The summed E-state index contributed by atoms with van der Waals surface area (Å²) in [6, 6.07) is 10.0. The topological polar surface area (TPSA) is 44.1 Å². The quantitative estimate of drug-likeness (QED) is 0.540. The SMILES string of the molecule is CCCCOC(=O)c1cc2c3ccccc3n(C)c2c(C)n1. The molecule has 0 amide bonds. The summed E-state index contributed by atoms with van der Waals surface area (Å²) in [4.78, 5) is 16.6. The molecule has 0 aliphatic rings. The van der Waals surface area contributed by atoms with Crippen LogP contribution in [0.3, 0.4) is 0 Å². The molecule has 0 saturated carbocycles. The van der Waals surface area contributed by atoms with E-state index in [9.17, 15) is 4.79 Å². The Morgan fingerprint density at radius 1 is 1.27 bits per heavy atom. The number of benzene rings is 1. The average molecular weight is 296 g/mol. The molecule has 0 atom stereocenters. The van der Waals surface area contributed by atoms with Gasteiger partial charge in [-0.1, -0.05) is 31.5 Å². The van der Waals surface area contributed by atoms with Gasteiger partial charge in [-0.15, -0.1) is 0 Å². The maximum atomic E-state index is 12.2. The van der Waals surface area contributed by atoms with Crippen LogP contribution in [0.15, 0.2) is 30.3 Å². The summed E-state index contributed by atoms with van der Waals surface area (Å²) in [7, 11) is 2.03. The van der Waals surface area contributed by atoms with E-state index in [2.05, 4.69) is 28.6 Å². The number of ether oxygens (including phenoxy) is 1. The van der Waals surface area contributed by atoms with Crippen LogP contribution in [0.5, 0.6) is 0 Å². The van der Waals surface area contributed by atoms with Gasteiger partial charge in [0.15, 0.2) is 0 Å². The van der Waals surface area contributed by atoms with Gasteiger partial charge < -0.3 is 9.30 Å². The van der Waals surface area contributed by atoms with E-state index in [0.29, 0.717) is 12.3 Å². The summed E-state index contributed by atoms with van der Waals surface area (Å²) in [5, 5.41) is 2.18. The smallest absolute Gasteiger partial charge is 0.356 e. The highest BCUT2D eigenvalue weighted by molar-refractivity contribution is 6.10. The first-order valence-electron chi connectivity index (χ1n) is 7.65. The van der Waals surface area contributed by atoms with Crippen molar-refractivity contribution in [3.63, 3.8) is 0 Å². The molecule has 4 heteroatoms. The van der Waals surface area contributed by atoms with Crippen LogP contribution < -0.4 is 0 Å². The number of aromatic nitrogens is 2. The Bertz CT molecular complexity index is 849. The largest absolute Gasteiger partial charge is 0.461 e. The Morgan fingerprint density at radius 3 is 2.82 bits per heavy atom. The van der Waals surface area contributed by atoms with E-state index in [4.69, 9.17) is 4.74 Å². The maximum absolute atomic E-state index is 12.2. The molecular weight excluding hydrogens is 276 g/mol. The molecule has 0 radical (unpaired) electrons. The van der Waals surface area contributed by atoms with Crippen molar-refractivity contribution in [2.75, 3.05) is 6.61 Å². The molecule has 0 aliphatic carbocycles. The second kappa shape index (κ2) is 5.79. The van der Waals surface area contributed by atoms with E-state index >= 15 is 0 Å². The third-order valence-corrected chi connectivity index (χ3v) is 4.00. The normalized spacial score (nSPS) is 11.2. The van der Waals surface area contributed by atoms with Crippen LogP contribution in [-0.2, 0) is 11.8 Å². The molecule has 3 rings (SSSR count). The highest BCUT2D eigenvalue weighted by Crippen LogP contribution is 2.30. The van der Waals surface area contributed by atoms with Crippen LogP contribution in [0.4, 0.5) is 0 Å². The van der Waals surface area contributed by atoms with Crippen molar-refractivity contribution >= 4 is 27.8 Å². The number of fused-ring (bicyclic) bond motifs is 3. The molecule has 114 valence electrons. The number of aryl methyl sites for hydroxylation is 2. The van der Waals surface area contributed by atoms with E-state index in [-0.39, 0.29) is 5.97 Å². The van der Waals surface area contributed by atoms with Crippen molar-refractivity contribution in [2.45, 2.75) is 26.7 Å². The van der Waals surface area contributed by atoms with Crippen LogP contribution in [0.2, 0.25) is 0 Å². The van der Waals surface area contributed by atoms with Gasteiger partial charge in [-0.05, 0) is 25.5 Å². The molecule has 22 heavy (non-hydrogen) atoms. The molecule has 0 unspecified atom stereocenters. The van der Waals surface area contributed by atoms with Gasteiger partial charge in [0.05, 0.1) is 17.8 Å². The molecule has 2 heterocycles. The molecule has 0 fully saturated rings. The summed E-state index contributed by atoms with van der Waals surface area (Å²) < 4.78 is 7.41. The number of carbonyl (C=O) groups excluding carboxylic acids is 1. The van der Waals surface area contributed by atoms with E-state index in [1.54, 1.807) is 0 Å². The zero-order valence-corrected chi connectivity index (χ0v) is 13.2. The van der Waals surface area contributed by atoms with E-state index in [1.807, 2.05) is 32.2 Å². The first kappa shape index (κ1) is 14.6. The zero-order valence-electron chi connectivity index (χ0n) is 13.2. The van der Waals surface area contributed by atoms with Crippen molar-refractivity contribution < 1.29 is 9.53 Å². The van der Waals surface area contributed by atoms with Crippen LogP contribution in [-0.4, -0.2) is 22.1 Å². The number of nitrogens with zero attached hydrogens (tertiary/aromatic N) is 2. The first-order chi connectivity index (χ1) is 10.6. The standard InChI is InChI=1S/C18H20N2O2/c1-4-5-10-22-18(21)15-11-14-13-8-6-7-9-16(13)20(3)17(14)12(2)19-15/h6-9,11H,4-5,10H2,1-3H3. The van der Waals surface area contributed by atoms with Gasteiger partial charge in [-0.3, -0.25) is 0 Å². The lowest BCUT2D eigenvalue weighted by molar-refractivity contribution is 0.0493. The Hall–Kier alpha value is -2.36. The molecule has 4 nitrogen and oxygen atoms in total. The van der Waals surface area contributed by atoms with Crippen LogP contribution in [0.1, 0.15) is 35.9 Å². The average Bonchev–Trinajstić information content (AvgIpc) is 2.81. The minimum absolute atomic E-state index is 0.341. The number of para-hydroxylation sites is 1. The van der Waals surface area contributed by atoms with Gasteiger partial charge in [-0.25, -0.2) is 9.78 Å². The number of esters is 1. The van der Waals surface area contributed by atoms with Gasteiger partial charge in [0, 0.05) is 23.3 Å². The van der Waals surface area contributed by atoms with Gasteiger partial charge >= 0.3 is 5.97 Å². The fraction of sp³-hybridized carbons (Fsp3) is 0.333. The molecule has 2 aromatic heterocycles. The van der Waals surface area contributed by atoms with Crippen molar-refractivity contribution in [3.8, 4) is 0 Å².